The van der Waals surface area contributed by atoms with Crippen LogP contribution in [0.2, 0.25) is 10.0 Å². The van der Waals surface area contributed by atoms with Gasteiger partial charge in [-0.3, -0.25) is 14.6 Å². The summed E-state index contributed by atoms with van der Waals surface area (Å²) in [7, 11) is 0. The molecule has 2 aliphatic rings. The fourth-order valence-electron chi connectivity index (χ4n) is 5.31. The van der Waals surface area contributed by atoms with Crippen LogP contribution in [-0.4, -0.2) is 66.0 Å². The average molecular weight is 557 g/mol. The monoisotopic (exact) mass is 555 g/mol. The van der Waals surface area contributed by atoms with Crippen molar-refractivity contribution in [3.05, 3.63) is 93.3 Å². The molecule has 5 rings (SSSR count). The highest BCUT2D eigenvalue weighted by Crippen LogP contribution is 2.27. The van der Waals surface area contributed by atoms with E-state index in [0.29, 0.717) is 23.2 Å². The largest absolute Gasteiger partial charge is 0.353 e. The van der Waals surface area contributed by atoms with E-state index in [-0.39, 0.29) is 16.7 Å². The molecule has 1 N–H and O–H groups in total. The molecule has 2 saturated heterocycles. The molecule has 200 valence electrons. The average Bonchev–Trinajstić information content (AvgIpc) is 2.95. The smallest absolute Gasteiger partial charge is 0.253 e. The first-order chi connectivity index (χ1) is 18.5. The lowest BCUT2D eigenvalue weighted by molar-refractivity contribution is 0.0950. The molecule has 6 nitrogen and oxygen atoms in total. The summed E-state index contributed by atoms with van der Waals surface area (Å²) in [5, 5.41) is 3.59. The van der Waals surface area contributed by atoms with E-state index in [1.165, 1.54) is 6.07 Å². The van der Waals surface area contributed by atoms with E-state index in [1.54, 1.807) is 18.3 Å². The summed E-state index contributed by atoms with van der Waals surface area (Å²) in [6, 6.07) is 17.1. The lowest BCUT2D eigenvalue weighted by atomic mass is 10.0. The summed E-state index contributed by atoms with van der Waals surface area (Å²) in [5.41, 5.74) is 2.46. The topological polar surface area (TPSA) is 51.7 Å². The SMILES string of the molecule is O=C(NCc1ccccc1)c1cnc(N2CCN(C3CCN(Cc4ccc(Cl)c(F)c4)CC3)CC2)c(Cl)c1. The van der Waals surface area contributed by atoms with Crippen LogP contribution in [-0.2, 0) is 13.1 Å². The molecule has 0 spiro atoms. The van der Waals surface area contributed by atoms with Gasteiger partial charge in [-0.1, -0.05) is 59.6 Å². The second-order valence-electron chi connectivity index (χ2n) is 9.98. The van der Waals surface area contributed by atoms with Crippen LogP contribution in [0.4, 0.5) is 10.2 Å². The molecule has 0 atom stereocenters. The van der Waals surface area contributed by atoms with E-state index in [0.717, 1.165) is 75.6 Å². The molecule has 3 heterocycles. The Morgan fingerprint density at radius 1 is 0.921 bits per heavy atom. The number of carbonyl (C=O) groups is 1. The Kier molecular flexibility index (Phi) is 8.79. The number of hydrogen-bond acceptors (Lipinski definition) is 5. The van der Waals surface area contributed by atoms with Gasteiger partial charge in [-0.15, -0.1) is 0 Å². The Hall–Kier alpha value is -2.71. The van der Waals surface area contributed by atoms with Gasteiger partial charge in [0.05, 0.1) is 15.6 Å². The van der Waals surface area contributed by atoms with Crippen LogP contribution in [0.5, 0.6) is 0 Å². The summed E-state index contributed by atoms with van der Waals surface area (Å²) in [5.74, 6) is 0.190. The van der Waals surface area contributed by atoms with Crippen LogP contribution < -0.4 is 10.2 Å². The lowest BCUT2D eigenvalue weighted by Crippen LogP contribution is -2.53. The number of rotatable bonds is 7. The zero-order valence-corrected chi connectivity index (χ0v) is 22.8. The van der Waals surface area contributed by atoms with Gasteiger partial charge in [-0.25, -0.2) is 9.37 Å². The number of aromatic nitrogens is 1. The minimum absolute atomic E-state index is 0.170. The van der Waals surface area contributed by atoms with Crippen LogP contribution in [0, 0.1) is 5.82 Å². The van der Waals surface area contributed by atoms with Crippen molar-refractivity contribution < 1.29 is 9.18 Å². The third-order valence-electron chi connectivity index (χ3n) is 7.46. The molecule has 0 unspecified atom stereocenters. The molecule has 9 heteroatoms. The maximum atomic E-state index is 13.8. The minimum atomic E-state index is -0.354. The maximum Gasteiger partial charge on any atom is 0.253 e. The second kappa shape index (κ2) is 12.4. The molecule has 0 aliphatic carbocycles. The molecular formula is C29H32Cl2FN5O. The minimum Gasteiger partial charge on any atom is -0.353 e. The summed E-state index contributed by atoms with van der Waals surface area (Å²) < 4.78 is 13.8. The third-order valence-corrected chi connectivity index (χ3v) is 8.04. The van der Waals surface area contributed by atoms with E-state index >= 15 is 0 Å². The predicted molar refractivity (Wildman–Crippen MR) is 150 cm³/mol. The van der Waals surface area contributed by atoms with Crippen molar-refractivity contribution in [2.75, 3.05) is 44.2 Å². The number of nitrogens with one attached hydrogen (secondary N) is 1. The third kappa shape index (κ3) is 6.64. The number of halogens is 3. The zero-order chi connectivity index (χ0) is 26.5. The van der Waals surface area contributed by atoms with Crippen LogP contribution in [0.1, 0.15) is 34.3 Å². The fraction of sp³-hybridized carbons (Fsp3) is 0.379. The number of amides is 1. The van der Waals surface area contributed by atoms with E-state index in [1.807, 2.05) is 36.4 Å². The molecule has 38 heavy (non-hydrogen) atoms. The van der Waals surface area contributed by atoms with Gasteiger partial charge in [0.25, 0.3) is 5.91 Å². The molecule has 0 radical (unpaired) electrons. The number of piperidine rings is 1. The Bertz CT molecular complexity index is 1240. The number of pyridine rings is 1. The fourth-order valence-corrected chi connectivity index (χ4v) is 5.71. The van der Waals surface area contributed by atoms with Crippen molar-refractivity contribution in [2.45, 2.75) is 32.0 Å². The van der Waals surface area contributed by atoms with Crippen LogP contribution in [0.15, 0.2) is 60.8 Å². The number of benzene rings is 2. The predicted octanol–water partition coefficient (Wildman–Crippen LogP) is 5.24. The Balaban J connectivity index is 1.08. The molecule has 3 aromatic rings. The molecule has 2 aromatic carbocycles. The highest BCUT2D eigenvalue weighted by Gasteiger charge is 2.28. The standard InChI is InChI=1S/C29H32Cl2FN5O/c30-25-7-6-22(16-27(25)32)20-35-10-8-24(9-11-35)36-12-14-37(15-13-36)28-26(31)17-23(19-33-28)29(38)34-18-21-4-2-1-3-5-21/h1-7,16-17,19,24H,8-15,18,20H2,(H,34,38). The summed E-state index contributed by atoms with van der Waals surface area (Å²) >= 11 is 12.4. The Morgan fingerprint density at radius 3 is 2.34 bits per heavy atom. The van der Waals surface area contributed by atoms with E-state index in [9.17, 15) is 9.18 Å². The quantitative estimate of drug-likeness (QED) is 0.431. The number of carbonyl (C=O) groups excluding carboxylic acids is 1. The molecular weight excluding hydrogens is 524 g/mol. The maximum absolute atomic E-state index is 13.8. The summed E-state index contributed by atoms with van der Waals surface area (Å²) in [4.78, 5) is 24.3. The number of likely N-dealkylation sites (tertiary alicyclic amines) is 1. The normalized spacial score (nSPS) is 17.5. The molecule has 0 saturated carbocycles. The van der Waals surface area contributed by atoms with E-state index in [4.69, 9.17) is 23.2 Å². The Labute approximate surface area is 233 Å². The van der Waals surface area contributed by atoms with Crippen molar-refractivity contribution in [3.8, 4) is 0 Å². The number of anilines is 1. The highest BCUT2D eigenvalue weighted by atomic mass is 35.5. The van der Waals surface area contributed by atoms with Gasteiger partial charge in [0.15, 0.2) is 0 Å². The van der Waals surface area contributed by atoms with Crippen molar-refractivity contribution in [3.63, 3.8) is 0 Å². The molecule has 1 amide bonds. The van der Waals surface area contributed by atoms with Crippen LogP contribution in [0.25, 0.3) is 0 Å². The molecule has 2 fully saturated rings. The van der Waals surface area contributed by atoms with Gasteiger partial charge >= 0.3 is 0 Å². The van der Waals surface area contributed by atoms with Gasteiger partial charge in [0.2, 0.25) is 0 Å². The van der Waals surface area contributed by atoms with Crippen molar-refractivity contribution >= 4 is 34.9 Å². The van der Waals surface area contributed by atoms with Gasteiger partial charge in [0.1, 0.15) is 11.6 Å². The van der Waals surface area contributed by atoms with E-state index < -0.39 is 0 Å². The van der Waals surface area contributed by atoms with Gasteiger partial charge < -0.3 is 10.2 Å². The second-order valence-corrected chi connectivity index (χ2v) is 10.8. The van der Waals surface area contributed by atoms with E-state index in [2.05, 4.69) is 25.0 Å². The van der Waals surface area contributed by atoms with Gasteiger partial charge in [-0.05, 0) is 55.3 Å². The molecule has 1 aromatic heterocycles. The highest BCUT2D eigenvalue weighted by molar-refractivity contribution is 6.33. The number of hydrogen-bond donors (Lipinski definition) is 1. The van der Waals surface area contributed by atoms with Crippen molar-refractivity contribution in [1.82, 2.24) is 20.1 Å². The van der Waals surface area contributed by atoms with Crippen molar-refractivity contribution in [2.24, 2.45) is 0 Å². The first-order valence-corrected chi connectivity index (χ1v) is 13.8. The van der Waals surface area contributed by atoms with Gasteiger partial charge in [-0.2, -0.15) is 0 Å². The Morgan fingerprint density at radius 2 is 1.66 bits per heavy atom. The lowest BCUT2D eigenvalue weighted by Gasteiger charge is -2.43. The summed E-state index contributed by atoms with van der Waals surface area (Å²) in [6.45, 7) is 6.78. The first-order valence-electron chi connectivity index (χ1n) is 13.1. The van der Waals surface area contributed by atoms with Crippen LogP contribution in [0.3, 0.4) is 0 Å². The summed E-state index contributed by atoms with van der Waals surface area (Å²) in [6.07, 6.45) is 3.81. The first kappa shape index (κ1) is 26.9. The van der Waals surface area contributed by atoms with Crippen LogP contribution >= 0.6 is 23.2 Å². The zero-order valence-electron chi connectivity index (χ0n) is 21.3. The number of nitrogens with zero attached hydrogens (tertiary/aromatic N) is 4. The molecule has 0 bridgehead atoms. The van der Waals surface area contributed by atoms with Crippen molar-refractivity contribution in [1.29, 1.82) is 0 Å². The van der Waals surface area contributed by atoms with Gasteiger partial charge in [0, 0.05) is 51.5 Å². The molecule has 2 aliphatic heterocycles. The number of piperazine rings is 1.